The van der Waals surface area contributed by atoms with Crippen molar-refractivity contribution in [2.75, 3.05) is 9.96 Å². The first-order chi connectivity index (χ1) is 20.1. The van der Waals surface area contributed by atoms with E-state index >= 15 is 0 Å². The first-order valence-electron chi connectivity index (χ1n) is 12.6. The molecular formula is C29H20BrN3O8S. The van der Waals surface area contributed by atoms with Crippen molar-refractivity contribution in [2.24, 2.45) is 5.92 Å². The van der Waals surface area contributed by atoms with E-state index in [0.717, 1.165) is 9.37 Å². The number of halogens is 1. The van der Waals surface area contributed by atoms with E-state index in [-0.39, 0.29) is 22.0 Å². The summed E-state index contributed by atoms with van der Waals surface area (Å²) in [6.07, 6.45) is -1.19. The Labute approximate surface area is 248 Å². The third kappa shape index (κ3) is 4.91. The van der Waals surface area contributed by atoms with Crippen LogP contribution in [0.25, 0.3) is 0 Å². The number of nitrogens with zero attached hydrogens (tertiary/aromatic N) is 3. The van der Waals surface area contributed by atoms with Gasteiger partial charge in [0.2, 0.25) is 5.91 Å². The highest BCUT2D eigenvalue weighted by Crippen LogP contribution is 2.48. The number of hydrogen-bond donors (Lipinski definition) is 0. The van der Waals surface area contributed by atoms with Crippen LogP contribution < -0.4 is 14.1 Å². The highest BCUT2D eigenvalue weighted by atomic mass is 79.9. The fourth-order valence-corrected chi connectivity index (χ4v) is 6.26. The van der Waals surface area contributed by atoms with Crippen LogP contribution in [0.1, 0.15) is 11.6 Å². The third-order valence-corrected chi connectivity index (χ3v) is 8.74. The highest BCUT2D eigenvalue weighted by molar-refractivity contribution is 9.10. The summed E-state index contributed by atoms with van der Waals surface area (Å²) < 4.78 is 31.4. The molecule has 4 aromatic rings. The molecular weight excluding hydrogens is 630 g/mol. The lowest BCUT2D eigenvalue weighted by molar-refractivity contribution is -0.384. The van der Waals surface area contributed by atoms with Crippen LogP contribution in [0.2, 0.25) is 0 Å². The van der Waals surface area contributed by atoms with E-state index < -0.39 is 44.9 Å². The number of carbonyl (C=O) groups excluding carboxylic acids is 2. The standard InChI is InChI=1S/C29H20BrN3O8S/c30-19-11-13-20(14-12-19)31-28(34)25-26(32(40-27(25)29(31)35)21-5-4-6-22(17-21)33(36)37)18-9-15-23(16-10-18)41-42(38,39)24-7-2-1-3-8-24/h1-17,25-27H. The summed E-state index contributed by atoms with van der Waals surface area (Å²) >= 11 is 3.34. The molecule has 212 valence electrons. The SMILES string of the molecule is O=C1C2ON(c3cccc([N+](=O)[O-])c3)C(c3ccc(OS(=O)(=O)c4ccccc4)cc3)C2C(=O)N1c1ccc(Br)cc1. The molecule has 2 aliphatic rings. The van der Waals surface area contributed by atoms with Gasteiger partial charge in [-0.1, -0.05) is 52.3 Å². The Morgan fingerprint density at radius 1 is 0.833 bits per heavy atom. The van der Waals surface area contributed by atoms with Crippen LogP contribution in [0, 0.1) is 16.0 Å². The highest BCUT2D eigenvalue weighted by Gasteiger charge is 2.60. The van der Waals surface area contributed by atoms with Crippen molar-refractivity contribution in [3.63, 3.8) is 0 Å². The average Bonchev–Trinajstić information content (AvgIpc) is 3.50. The number of anilines is 2. The number of nitro benzene ring substituents is 1. The minimum atomic E-state index is -4.09. The number of imide groups is 1. The van der Waals surface area contributed by atoms with Crippen molar-refractivity contribution in [2.45, 2.75) is 17.0 Å². The minimum absolute atomic E-state index is 0.0129. The van der Waals surface area contributed by atoms with Gasteiger partial charge in [0.1, 0.15) is 16.6 Å². The molecule has 2 heterocycles. The Bertz CT molecular complexity index is 1800. The van der Waals surface area contributed by atoms with Crippen LogP contribution in [-0.4, -0.2) is 31.3 Å². The zero-order valence-corrected chi connectivity index (χ0v) is 23.8. The zero-order chi connectivity index (χ0) is 29.6. The minimum Gasteiger partial charge on any atom is -0.379 e. The van der Waals surface area contributed by atoms with Crippen LogP contribution in [0.15, 0.2) is 112 Å². The molecule has 0 aliphatic carbocycles. The van der Waals surface area contributed by atoms with E-state index in [0.29, 0.717) is 11.3 Å². The van der Waals surface area contributed by atoms with Gasteiger partial charge in [-0.25, -0.2) is 9.96 Å². The molecule has 42 heavy (non-hydrogen) atoms. The van der Waals surface area contributed by atoms with Crippen molar-refractivity contribution < 1.29 is 32.0 Å². The van der Waals surface area contributed by atoms with Crippen molar-refractivity contribution >= 4 is 54.9 Å². The topological polar surface area (TPSA) is 136 Å². The van der Waals surface area contributed by atoms with Gasteiger partial charge in [-0.3, -0.25) is 24.5 Å². The number of fused-ring (bicyclic) bond motifs is 1. The van der Waals surface area contributed by atoms with Crippen molar-refractivity contribution in [1.82, 2.24) is 0 Å². The lowest BCUT2D eigenvalue weighted by Crippen LogP contribution is -2.37. The second-order valence-electron chi connectivity index (χ2n) is 9.51. The van der Waals surface area contributed by atoms with Gasteiger partial charge in [-0.2, -0.15) is 8.42 Å². The molecule has 0 saturated carbocycles. The molecule has 2 amide bonds. The molecule has 0 radical (unpaired) electrons. The first kappa shape index (κ1) is 27.6. The number of benzene rings is 4. The fourth-order valence-electron chi connectivity index (χ4n) is 5.05. The van der Waals surface area contributed by atoms with E-state index in [2.05, 4.69) is 15.9 Å². The number of non-ortho nitro benzene ring substituents is 1. The zero-order valence-electron chi connectivity index (χ0n) is 21.4. The maximum atomic E-state index is 13.8. The van der Waals surface area contributed by atoms with Crippen LogP contribution in [0.5, 0.6) is 5.75 Å². The number of rotatable bonds is 7. The number of hydroxylamine groups is 1. The molecule has 2 fully saturated rings. The Balaban J connectivity index is 1.37. The molecule has 3 unspecified atom stereocenters. The molecule has 11 nitrogen and oxygen atoms in total. The Morgan fingerprint density at radius 3 is 2.19 bits per heavy atom. The van der Waals surface area contributed by atoms with E-state index in [1.807, 2.05) is 0 Å². The van der Waals surface area contributed by atoms with Crippen LogP contribution in [0.3, 0.4) is 0 Å². The Hall–Kier alpha value is -4.59. The fraction of sp³-hybridized carbons (Fsp3) is 0.103. The smallest absolute Gasteiger partial charge is 0.339 e. The molecule has 0 aromatic heterocycles. The monoisotopic (exact) mass is 649 g/mol. The maximum Gasteiger partial charge on any atom is 0.339 e. The maximum absolute atomic E-state index is 13.8. The average molecular weight is 650 g/mol. The van der Waals surface area contributed by atoms with Gasteiger partial charge >= 0.3 is 10.1 Å². The quantitative estimate of drug-likeness (QED) is 0.115. The van der Waals surface area contributed by atoms with E-state index in [1.165, 1.54) is 47.5 Å². The molecule has 0 bridgehead atoms. The third-order valence-electron chi connectivity index (χ3n) is 6.95. The van der Waals surface area contributed by atoms with Crippen molar-refractivity contribution in [1.29, 1.82) is 0 Å². The van der Waals surface area contributed by atoms with Gasteiger partial charge < -0.3 is 4.18 Å². The van der Waals surface area contributed by atoms with Gasteiger partial charge in [0.15, 0.2) is 6.10 Å². The number of amides is 2. The van der Waals surface area contributed by atoms with E-state index in [9.17, 15) is 28.1 Å². The molecule has 0 N–H and O–H groups in total. The van der Waals surface area contributed by atoms with Gasteiger partial charge in [0.05, 0.1) is 22.3 Å². The largest absolute Gasteiger partial charge is 0.379 e. The normalized spacial score (nSPS) is 20.1. The predicted molar refractivity (Wildman–Crippen MR) is 154 cm³/mol. The summed E-state index contributed by atoms with van der Waals surface area (Å²) in [7, 11) is -4.09. The van der Waals surface area contributed by atoms with Crippen LogP contribution >= 0.6 is 15.9 Å². The molecule has 6 rings (SSSR count). The molecule has 4 aromatic carbocycles. The summed E-state index contributed by atoms with van der Waals surface area (Å²) in [5.74, 6) is -2.04. The number of carbonyl (C=O) groups is 2. The van der Waals surface area contributed by atoms with Crippen molar-refractivity contribution in [3.8, 4) is 5.75 Å². The number of hydrogen-bond acceptors (Lipinski definition) is 9. The predicted octanol–water partition coefficient (Wildman–Crippen LogP) is 5.18. The van der Waals surface area contributed by atoms with Gasteiger partial charge in [0, 0.05) is 16.6 Å². The second-order valence-corrected chi connectivity index (χ2v) is 12.0. The van der Waals surface area contributed by atoms with E-state index in [4.69, 9.17) is 9.02 Å². The summed E-state index contributed by atoms with van der Waals surface area (Å²) in [5.41, 5.74) is 0.946. The molecule has 13 heteroatoms. The van der Waals surface area contributed by atoms with Crippen LogP contribution in [0.4, 0.5) is 17.1 Å². The van der Waals surface area contributed by atoms with E-state index in [1.54, 1.807) is 60.7 Å². The summed E-state index contributed by atoms with van der Waals surface area (Å²) in [6.45, 7) is 0. The lowest BCUT2D eigenvalue weighted by atomic mass is 9.90. The molecule has 2 saturated heterocycles. The second kappa shape index (κ2) is 10.7. The Kier molecular flexibility index (Phi) is 7.01. The Morgan fingerprint density at radius 2 is 1.52 bits per heavy atom. The van der Waals surface area contributed by atoms with Crippen molar-refractivity contribution in [3.05, 3.63) is 123 Å². The van der Waals surface area contributed by atoms with Crippen LogP contribution in [-0.2, 0) is 24.5 Å². The number of nitro groups is 1. The molecule has 0 spiro atoms. The summed E-state index contributed by atoms with van der Waals surface area (Å²) in [4.78, 5) is 45.3. The van der Waals surface area contributed by atoms with Gasteiger partial charge in [-0.15, -0.1) is 0 Å². The van der Waals surface area contributed by atoms with Gasteiger partial charge in [0.25, 0.3) is 11.6 Å². The molecule has 2 aliphatic heterocycles. The summed E-state index contributed by atoms with van der Waals surface area (Å²) in [5, 5.41) is 12.8. The summed E-state index contributed by atoms with van der Waals surface area (Å²) in [6, 6.07) is 25.1. The van der Waals surface area contributed by atoms with Gasteiger partial charge in [-0.05, 0) is 60.2 Å². The first-order valence-corrected chi connectivity index (χ1v) is 14.8. The molecule has 3 atom stereocenters. The lowest BCUT2D eigenvalue weighted by Gasteiger charge is -2.28.